The number of hydrogen-bond acceptors (Lipinski definition) is 4. The third kappa shape index (κ3) is 7.19. The van der Waals surface area contributed by atoms with Gasteiger partial charge in [0.15, 0.2) is 5.96 Å². The van der Waals surface area contributed by atoms with Crippen LogP contribution in [0.1, 0.15) is 37.8 Å². The van der Waals surface area contributed by atoms with Crippen molar-refractivity contribution in [3.63, 3.8) is 0 Å². The van der Waals surface area contributed by atoms with Crippen LogP contribution in [0.5, 0.6) is 5.88 Å². The van der Waals surface area contributed by atoms with E-state index in [1.807, 2.05) is 19.1 Å². The molecule has 0 bridgehead atoms. The van der Waals surface area contributed by atoms with Crippen LogP contribution in [-0.4, -0.2) is 30.6 Å². The van der Waals surface area contributed by atoms with Crippen molar-refractivity contribution in [2.24, 2.45) is 4.99 Å². The van der Waals surface area contributed by atoms with Crippen molar-refractivity contribution in [3.05, 3.63) is 46.3 Å². The van der Waals surface area contributed by atoms with Gasteiger partial charge in [-0.1, -0.05) is 13.0 Å². The highest BCUT2D eigenvalue weighted by Crippen LogP contribution is 2.17. The second-order valence-electron chi connectivity index (χ2n) is 5.43. The highest BCUT2D eigenvalue weighted by molar-refractivity contribution is 14.0. The van der Waals surface area contributed by atoms with Gasteiger partial charge in [0.1, 0.15) is 0 Å². The molecule has 0 aliphatic rings. The van der Waals surface area contributed by atoms with Crippen molar-refractivity contribution in [1.82, 2.24) is 15.6 Å². The first-order valence-electron chi connectivity index (χ1n) is 8.35. The molecule has 2 N–H and O–H groups in total. The summed E-state index contributed by atoms with van der Waals surface area (Å²) in [4.78, 5) is 8.93. The smallest absolute Gasteiger partial charge is 0.218 e. The minimum atomic E-state index is 0. The van der Waals surface area contributed by atoms with Crippen LogP contribution in [0.2, 0.25) is 0 Å². The number of nitrogens with one attached hydrogen (secondary N) is 2. The van der Waals surface area contributed by atoms with E-state index in [4.69, 9.17) is 4.74 Å². The lowest BCUT2D eigenvalue weighted by molar-refractivity contribution is 0.323. The van der Waals surface area contributed by atoms with Gasteiger partial charge in [-0.15, -0.1) is 24.0 Å². The summed E-state index contributed by atoms with van der Waals surface area (Å²) in [6, 6.07) is 6.08. The topological polar surface area (TPSA) is 58.5 Å². The molecule has 0 aromatic carbocycles. The number of rotatable bonds is 8. The van der Waals surface area contributed by atoms with E-state index in [1.54, 1.807) is 17.5 Å². The first-order valence-corrected chi connectivity index (χ1v) is 9.29. The highest BCUT2D eigenvalue weighted by Gasteiger charge is 2.08. The molecule has 2 aromatic heterocycles. The number of aliphatic imine (C=N–C) groups is 1. The van der Waals surface area contributed by atoms with Crippen molar-refractivity contribution in [3.8, 4) is 5.88 Å². The van der Waals surface area contributed by atoms with Crippen molar-refractivity contribution < 1.29 is 4.74 Å². The van der Waals surface area contributed by atoms with Gasteiger partial charge in [0.25, 0.3) is 0 Å². The van der Waals surface area contributed by atoms with Gasteiger partial charge in [0.05, 0.1) is 13.2 Å². The molecule has 0 fully saturated rings. The lowest BCUT2D eigenvalue weighted by Crippen LogP contribution is -2.39. The zero-order chi connectivity index (χ0) is 17.2. The molecule has 0 saturated heterocycles. The highest BCUT2D eigenvalue weighted by atomic mass is 127. The van der Waals surface area contributed by atoms with Crippen molar-refractivity contribution >= 4 is 41.3 Å². The molecule has 5 nitrogen and oxygen atoms in total. The molecule has 7 heteroatoms. The Morgan fingerprint density at radius 3 is 2.84 bits per heavy atom. The quantitative estimate of drug-likeness (QED) is 0.345. The maximum Gasteiger partial charge on any atom is 0.218 e. The van der Waals surface area contributed by atoms with Crippen LogP contribution < -0.4 is 15.4 Å². The molecule has 1 unspecified atom stereocenters. The van der Waals surface area contributed by atoms with E-state index in [1.165, 1.54) is 5.56 Å². The molecule has 2 heterocycles. The predicted molar refractivity (Wildman–Crippen MR) is 116 cm³/mol. The Morgan fingerprint density at radius 2 is 2.16 bits per heavy atom. The summed E-state index contributed by atoms with van der Waals surface area (Å²) in [5.74, 6) is 1.91. The number of nitrogens with zero attached hydrogens (tertiary/aromatic N) is 2. The Labute approximate surface area is 171 Å². The Hall–Kier alpha value is -1.35. The fourth-order valence-corrected chi connectivity index (χ4v) is 3.02. The molecule has 0 amide bonds. The van der Waals surface area contributed by atoms with Crippen LogP contribution in [0.25, 0.3) is 0 Å². The Balaban J connectivity index is 0.00000312. The van der Waals surface area contributed by atoms with E-state index >= 15 is 0 Å². The molecule has 2 rings (SSSR count). The first-order chi connectivity index (χ1) is 11.7. The molecular formula is C18H27IN4OS. The normalized spacial score (nSPS) is 12.2. The maximum atomic E-state index is 5.56. The number of halogens is 1. The van der Waals surface area contributed by atoms with Gasteiger partial charge in [0.2, 0.25) is 5.88 Å². The summed E-state index contributed by atoms with van der Waals surface area (Å²) < 4.78 is 5.56. The second-order valence-corrected chi connectivity index (χ2v) is 6.21. The molecule has 0 spiro atoms. The van der Waals surface area contributed by atoms with E-state index < -0.39 is 0 Å². The van der Waals surface area contributed by atoms with Crippen LogP contribution in [0.15, 0.2) is 40.1 Å². The van der Waals surface area contributed by atoms with Gasteiger partial charge in [-0.3, -0.25) is 0 Å². The number of hydrogen-bond donors (Lipinski definition) is 2. The largest absolute Gasteiger partial charge is 0.478 e. The zero-order valence-electron chi connectivity index (χ0n) is 15.0. The Morgan fingerprint density at radius 1 is 1.32 bits per heavy atom. The monoisotopic (exact) mass is 474 g/mol. The van der Waals surface area contributed by atoms with Gasteiger partial charge in [-0.05, 0) is 48.2 Å². The molecule has 2 aromatic rings. The second kappa shape index (κ2) is 12.1. The number of thiophene rings is 1. The van der Waals surface area contributed by atoms with E-state index in [2.05, 4.69) is 51.3 Å². The summed E-state index contributed by atoms with van der Waals surface area (Å²) >= 11 is 1.73. The molecular weight excluding hydrogens is 447 g/mol. The molecule has 1 atom stereocenters. The Bertz CT molecular complexity index is 634. The summed E-state index contributed by atoms with van der Waals surface area (Å²) in [5, 5.41) is 11.0. The predicted octanol–water partition coefficient (Wildman–Crippen LogP) is 4.02. The van der Waals surface area contributed by atoms with Gasteiger partial charge in [-0.2, -0.15) is 11.3 Å². The number of guanidine groups is 1. The van der Waals surface area contributed by atoms with Crippen LogP contribution in [0, 0.1) is 0 Å². The SMILES string of the molecule is CCNC(=NCc1cccnc1OCC)NCC(C)c1ccsc1.I. The molecule has 0 saturated carbocycles. The van der Waals surface area contributed by atoms with Gasteiger partial charge >= 0.3 is 0 Å². The fourth-order valence-electron chi connectivity index (χ4n) is 2.24. The molecule has 0 aliphatic heterocycles. The van der Waals surface area contributed by atoms with E-state index in [0.29, 0.717) is 24.9 Å². The molecule has 0 aliphatic carbocycles. The van der Waals surface area contributed by atoms with E-state index in [-0.39, 0.29) is 24.0 Å². The molecule has 0 radical (unpaired) electrons. The lowest BCUT2D eigenvalue weighted by Gasteiger charge is -2.15. The number of ether oxygens (including phenoxy) is 1. The summed E-state index contributed by atoms with van der Waals surface area (Å²) in [6.45, 7) is 9.04. The molecule has 25 heavy (non-hydrogen) atoms. The summed E-state index contributed by atoms with van der Waals surface area (Å²) in [5.41, 5.74) is 2.34. The molecule has 138 valence electrons. The van der Waals surface area contributed by atoms with E-state index in [9.17, 15) is 0 Å². The van der Waals surface area contributed by atoms with Gasteiger partial charge in [-0.25, -0.2) is 9.98 Å². The van der Waals surface area contributed by atoms with Gasteiger partial charge in [0, 0.05) is 24.8 Å². The van der Waals surface area contributed by atoms with Crippen LogP contribution >= 0.6 is 35.3 Å². The van der Waals surface area contributed by atoms with Crippen LogP contribution in [0.3, 0.4) is 0 Å². The van der Waals surface area contributed by atoms with Crippen LogP contribution in [-0.2, 0) is 6.54 Å². The number of pyridine rings is 1. The van der Waals surface area contributed by atoms with Gasteiger partial charge < -0.3 is 15.4 Å². The van der Waals surface area contributed by atoms with Crippen molar-refractivity contribution in [1.29, 1.82) is 0 Å². The minimum absolute atomic E-state index is 0. The lowest BCUT2D eigenvalue weighted by atomic mass is 10.1. The Kier molecular flexibility index (Phi) is 10.5. The average molecular weight is 474 g/mol. The fraction of sp³-hybridized carbons (Fsp3) is 0.444. The first kappa shape index (κ1) is 21.7. The third-order valence-electron chi connectivity index (χ3n) is 3.57. The zero-order valence-corrected chi connectivity index (χ0v) is 18.1. The van der Waals surface area contributed by atoms with E-state index in [0.717, 1.165) is 24.6 Å². The number of aromatic nitrogens is 1. The summed E-state index contributed by atoms with van der Waals surface area (Å²) in [7, 11) is 0. The maximum absolute atomic E-state index is 5.56. The average Bonchev–Trinajstić information content (AvgIpc) is 3.13. The van der Waals surface area contributed by atoms with Crippen molar-refractivity contribution in [2.45, 2.75) is 33.2 Å². The van der Waals surface area contributed by atoms with Crippen LogP contribution in [0.4, 0.5) is 0 Å². The third-order valence-corrected chi connectivity index (χ3v) is 4.27. The van der Waals surface area contributed by atoms with Crippen molar-refractivity contribution in [2.75, 3.05) is 19.7 Å². The summed E-state index contributed by atoms with van der Waals surface area (Å²) in [6.07, 6.45) is 1.74. The standard InChI is InChI=1S/C18H26N4OS.HI/c1-4-19-18(21-11-14(3)16-8-10-24-13-16)22-12-15-7-6-9-20-17(15)23-5-2;/h6-10,13-14H,4-5,11-12H2,1-3H3,(H2,19,21,22);1H. The minimum Gasteiger partial charge on any atom is -0.478 e.